The van der Waals surface area contributed by atoms with Gasteiger partial charge in [0.2, 0.25) is 0 Å². The molecule has 1 heterocycles. The second-order valence-corrected chi connectivity index (χ2v) is 4.40. The number of carboxylic acid groups (broad SMARTS) is 1. The average Bonchev–Trinajstić information content (AvgIpc) is 2.46. The molecule has 0 saturated heterocycles. The maximum atomic E-state index is 10.8. The van der Waals surface area contributed by atoms with Gasteiger partial charge in [-0.3, -0.25) is 0 Å². The van der Waals surface area contributed by atoms with Crippen molar-refractivity contribution >= 4 is 44.0 Å². The van der Waals surface area contributed by atoms with Crippen LogP contribution >= 0.6 is 27.3 Å². The first-order valence-electron chi connectivity index (χ1n) is 3.58. The van der Waals surface area contributed by atoms with Crippen molar-refractivity contribution in [1.29, 1.82) is 0 Å². The van der Waals surface area contributed by atoms with Crippen LogP contribution in [0, 0.1) is 0 Å². The van der Waals surface area contributed by atoms with Gasteiger partial charge in [-0.05, 0) is 22.9 Å². The average molecular weight is 257 g/mol. The zero-order valence-corrected chi connectivity index (χ0v) is 8.85. The Morgan fingerprint density at radius 2 is 2.23 bits per heavy atom. The number of rotatable bonds is 1. The third kappa shape index (κ3) is 1.47. The molecule has 0 atom stereocenters. The van der Waals surface area contributed by atoms with Crippen LogP contribution in [0.15, 0.2) is 28.1 Å². The number of benzene rings is 1. The highest BCUT2D eigenvalue weighted by molar-refractivity contribution is 9.10. The van der Waals surface area contributed by atoms with Crippen LogP contribution in [-0.2, 0) is 0 Å². The van der Waals surface area contributed by atoms with Gasteiger partial charge in [0.25, 0.3) is 0 Å². The summed E-state index contributed by atoms with van der Waals surface area (Å²) in [7, 11) is 0. The highest BCUT2D eigenvalue weighted by atomic mass is 79.9. The lowest BCUT2D eigenvalue weighted by molar-refractivity contribution is 0.0704. The molecule has 1 N–H and O–H groups in total. The lowest BCUT2D eigenvalue weighted by Gasteiger charge is -1.92. The van der Waals surface area contributed by atoms with Crippen LogP contribution in [0.25, 0.3) is 10.8 Å². The van der Waals surface area contributed by atoms with Gasteiger partial charge in [-0.1, -0.05) is 22.0 Å². The molecule has 0 aliphatic rings. The van der Waals surface area contributed by atoms with E-state index >= 15 is 0 Å². The molecule has 0 unspecified atom stereocenters. The normalized spacial score (nSPS) is 10.5. The summed E-state index contributed by atoms with van der Waals surface area (Å²) in [4.78, 5) is 11.2. The summed E-state index contributed by atoms with van der Waals surface area (Å²) >= 11 is 4.60. The topological polar surface area (TPSA) is 37.3 Å². The Balaban J connectivity index is 2.76. The number of hydrogen-bond donors (Lipinski definition) is 1. The monoisotopic (exact) mass is 256 g/mol. The molecule has 1 aromatic carbocycles. The van der Waals surface area contributed by atoms with Gasteiger partial charge in [0, 0.05) is 9.86 Å². The molecule has 0 aliphatic heterocycles. The molecule has 0 saturated carbocycles. The standard InChI is InChI=1S/C9H5BrO2S/c10-6-1-2-7-5(3-6)4-13-8(7)9(11)12/h1-4H,(H,11,12). The van der Waals surface area contributed by atoms with E-state index in [-0.39, 0.29) is 0 Å². The Morgan fingerprint density at radius 1 is 1.46 bits per heavy atom. The number of fused-ring (bicyclic) bond motifs is 1. The van der Waals surface area contributed by atoms with E-state index in [0.717, 1.165) is 15.2 Å². The molecule has 0 fully saturated rings. The number of hydrogen-bond acceptors (Lipinski definition) is 2. The highest BCUT2D eigenvalue weighted by Crippen LogP contribution is 2.28. The summed E-state index contributed by atoms with van der Waals surface area (Å²) in [5.41, 5.74) is 0. The van der Waals surface area contributed by atoms with Gasteiger partial charge in [0.15, 0.2) is 0 Å². The lowest BCUT2D eigenvalue weighted by Crippen LogP contribution is -1.91. The van der Waals surface area contributed by atoms with Crippen LogP contribution in [0.1, 0.15) is 9.67 Å². The maximum Gasteiger partial charge on any atom is 0.346 e. The molecule has 66 valence electrons. The largest absolute Gasteiger partial charge is 0.477 e. The summed E-state index contributed by atoms with van der Waals surface area (Å²) < 4.78 is 0.967. The first-order valence-corrected chi connectivity index (χ1v) is 5.26. The molecule has 2 aromatic rings. The minimum Gasteiger partial charge on any atom is -0.477 e. The smallest absolute Gasteiger partial charge is 0.346 e. The fourth-order valence-corrected chi connectivity index (χ4v) is 2.42. The Hall–Kier alpha value is -0.870. The van der Waals surface area contributed by atoms with Crippen LogP contribution < -0.4 is 0 Å². The quantitative estimate of drug-likeness (QED) is 0.850. The van der Waals surface area contributed by atoms with E-state index in [1.807, 2.05) is 23.6 Å². The molecule has 2 nitrogen and oxygen atoms in total. The summed E-state index contributed by atoms with van der Waals surface area (Å²) in [5.74, 6) is -0.859. The first-order chi connectivity index (χ1) is 6.18. The van der Waals surface area contributed by atoms with Crippen LogP contribution in [0.4, 0.5) is 0 Å². The van der Waals surface area contributed by atoms with Gasteiger partial charge < -0.3 is 5.11 Å². The zero-order valence-electron chi connectivity index (χ0n) is 6.45. The van der Waals surface area contributed by atoms with Crippen molar-refractivity contribution in [3.63, 3.8) is 0 Å². The molecule has 0 bridgehead atoms. The molecule has 0 aliphatic carbocycles. The Bertz CT molecular complexity index is 475. The van der Waals surface area contributed by atoms with Crippen LogP contribution in [0.2, 0.25) is 0 Å². The van der Waals surface area contributed by atoms with E-state index in [0.29, 0.717) is 4.88 Å². The third-order valence-corrected chi connectivity index (χ3v) is 3.25. The fraction of sp³-hybridized carbons (Fsp3) is 0. The molecule has 13 heavy (non-hydrogen) atoms. The molecule has 0 spiro atoms. The van der Waals surface area contributed by atoms with Crippen molar-refractivity contribution in [2.75, 3.05) is 0 Å². The number of carboxylic acids is 1. The van der Waals surface area contributed by atoms with Gasteiger partial charge in [-0.2, -0.15) is 0 Å². The zero-order chi connectivity index (χ0) is 9.42. The Labute approximate surface area is 86.9 Å². The summed E-state index contributed by atoms with van der Waals surface area (Å²) in [6, 6.07) is 5.58. The van der Waals surface area contributed by atoms with Gasteiger partial charge in [0.05, 0.1) is 0 Å². The fourth-order valence-electron chi connectivity index (χ4n) is 1.19. The molecule has 2 rings (SSSR count). The van der Waals surface area contributed by atoms with Crippen LogP contribution in [0.3, 0.4) is 0 Å². The van der Waals surface area contributed by atoms with E-state index < -0.39 is 5.97 Å². The van der Waals surface area contributed by atoms with E-state index in [4.69, 9.17) is 5.11 Å². The Morgan fingerprint density at radius 3 is 2.92 bits per heavy atom. The SMILES string of the molecule is O=C(O)c1scc2cc(Br)ccc12. The van der Waals surface area contributed by atoms with E-state index in [1.54, 1.807) is 0 Å². The summed E-state index contributed by atoms with van der Waals surface area (Å²) in [5, 5.41) is 12.5. The molecule has 1 aromatic heterocycles. The van der Waals surface area contributed by atoms with Crippen LogP contribution in [0.5, 0.6) is 0 Å². The number of thiophene rings is 1. The summed E-state index contributed by atoms with van der Waals surface area (Å²) in [6.45, 7) is 0. The third-order valence-electron chi connectivity index (χ3n) is 1.76. The van der Waals surface area contributed by atoms with E-state index in [1.165, 1.54) is 11.3 Å². The second kappa shape index (κ2) is 3.12. The molecule has 4 heteroatoms. The van der Waals surface area contributed by atoms with Crippen molar-refractivity contribution in [3.05, 3.63) is 32.9 Å². The number of carbonyl (C=O) groups is 1. The van der Waals surface area contributed by atoms with E-state index in [2.05, 4.69) is 15.9 Å². The van der Waals surface area contributed by atoms with Crippen molar-refractivity contribution in [1.82, 2.24) is 0 Å². The first kappa shape index (κ1) is 8.72. The Kier molecular flexibility index (Phi) is 2.09. The number of halogens is 1. The van der Waals surface area contributed by atoms with Gasteiger partial charge in [-0.15, -0.1) is 11.3 Å². The minimum atomic E-state index is -0.859. The highest BCUT2D eigenvalue weighted by Gasteiger charge is 2.10. The van der Waals surface area contributed by atoms with Crippen molar-refractivity contribution in [3.8, 4) is 0 Å². The summed E-state index contributed by atoms with van der Waals surface area (Å²) in [6.07, 6.45) is 0. The van der Waals surface area contributed by atoms with E-state index in [9.17, 15) is 4.79 Å². The van der Waals surface area contributed by atoms with Gasteiger partial charge >= 0.3 is 5.97 Å². The van der Waals surface area contributed by atoms with Crippen LogP contribution in [-0.4, -0.2) is 11.1 Å². The predicted molar refractivity (Wildman–Crippen MR) is 56.5 cm³/mol. The van der Waals surface area contributed by atoms with Gasteiger partial charge in [-0.25, -0.2) is 4.79 Å². The number of aromatic carboxylic acids is 1. The van der Waals surface area contributed by atoms with Crippen molar-refractivity contribution in [2.24, 2.45) is 0 Å². The molecule has 0 amide bonds. The molecule has 0 radical (unpaired) electrons. The molecular weight excluding hydrogens is 252 g/mol. The minimum absolute atomic E-state index is 0.405. The maximum absolute atomic E-state index is 10.8. The van der Waals surface area contributed by atoms with Gasteiger partial charge in [0.1, 0.15) is 4.88 Å². The molecular formula is C9H5BrO2S. The van der Waals surface area contributed by atoms with Crippen molar-refractivity contribution < 1.29 is 9.90 Å². The predicted octanol–water partition coefficient (Wildman–Crippen LogP) is 3.36. The second-order valence-electron chi connectivity index (χ2n) is 2.60. The lowest BCUT2D eigenvalue weighted by atomic mass is 10.2. The van der Waals surface area contributed by atoms with Crippen molar-refractivity contribution in [2.45, 2.75) is 0 Å².